The first kappa shape index (κ1) is 19.4. The first-order chi connectivity index (χ1) is 13.6. The van der Waals surface area contributed by atoms with Crippen LogP contribution >= 0.6 is 11.6 Å². The zero-order chi connectivity index (χ0) is 19.9. The van der Waals surface area contributed by atoms with Crippen LogP contribution in [0.2, 0.25) is 5.02 Å². The van der Waals surface area contributed by atoms with Crippen molar-refractivity contribution >= 4 is 34.9 Å². The molecule has 0 saturated carbocycles. The summed E-state index contributed by atoms with van der Waals surface area (Å²) in [7, 11) is 2.96. The summed E-state index contributed by atoms with van der Waals surface area (Å²) in [5.41, 5.74) is 1.93. The number of hydrogen-bond acceptors (Lipinski definition) is 7. The first-order valence-corrected chi connectivity index (χ1v) is 8.81. The minimum Gasteiger partial charge on any atom is -0.496 e. The van der Waals surface area contributed by atoms with E-state index >= 15 is 0 Å². The van der Waals surface area contributed by atoms with Crippen molar-refractivity contribution in [3.8, 4) is 5.75 Å². The Morgan fingerprint density at radius 2 is 1.86 bits per heavy atom. The Hall–Kier alpha value is -3.32. The van der Waals surface area contributed by atoms with E-state index in [9.17, 15) is 4.79 Å². The molecule has 0 aliphatic carbocycles. The molecule has 0 aliphatic rings. The Bertz CT molecular complexity index is 981. The van der Waals surface area contributed by atoms with Crippen LogP contribution < -0.4 is 15.4 Å². The molecule has 144 valence electrons. The molecule has 7 nitrogen and oxygen atoms in total. The fraction of sp³-hybridized carbons (Fsp3) is 0.150. The first-order valence-electron chi connectivity index (χ1n) is 8.43. The third-order valence-electron chi connectivity index (χ3n) is 3.97. The van der Waals surface area contributed by atoms with Crippen molar-refractivity contribution in [2.45, 2.75) is 6.54 Å². The van der Waals surface area contributed by atoms with E-state index in [1.54, 1.807) is 31.4 Å². The van der Waals surface area contributed by atoms with Gasteiger partial charge in [-0.05, 0) is 24.3 Å². The van der Waals surface area contributed by atoms with Crippen LogP contribution in [-0.4, -0.2) is 30.2 Å². The van der Waals surface area contributed by atoms with Gasteiger partial charge in [0.05, 0.1) is 30.5 Å². The largest absolute Gasteiger partial charge is 0.496 e. The van der Waals surface area contributed by atoms with Gasteiger partial charge < -0.3 is 20.1 Å². The van der Waals surface area contributed by atoms with E-state index in [0.717, 1.165) is 11.3 Å². The molecular weight excluding hydrogens is 380 g/mol. The van der Waals surface area contributed by atoms with E-state index < -0.39 is 5.97 Å². The van der Waals surface area contributed by atoms with E-state index in [1.165, 1.54) is 13.4 Å². The highest BCUT2D eigenvalue weighted by Crippen LogP contribution is 2.27. The highest BCUT2D eigenvalue weighted by Gasteiger charge is 2.10. The minimum atomic E-state index is -0.443. The molecule has 0 spiro atoms. The summed E-state index contributed by atoms with van der Waals surface area (Å²) >= 11 is 6.22. The van der Waals surface area contributed by atoms with E-state index in [-0.39, 0.29) is 0 Å². The lowest BCUT2D eigenvalue weighted by molar-refractivity contribution is 0.0601. The summed E-state index contributed by atoms with van der Waals surface area (Å²) < 4.78 is 10.1. The number of para-hydroxylation sites is 1. The van der Waals surface area contributed by atoms with Gasteiger partial charge in [-0.25, -0.2) is 14.8 Å². The van der Waals surface area contributed by atoms with Gasteiger partial charge in [-0.1, -0.05) is 29.8 Å². The molecule has 28 heavy (non-hydrogen) atoms. The number of nitrogens with one attached hydrogen (secondary N) is 2. The second kappa shape index (κ2) is 9.05. The van der Waals surface area contributed by atoms with Crippen molar-refractivity contribution in [1.29, 1.82) is 0 Å². The lowest BCUT2D eigenvalue weighted by atomic mass is 10.2. The molecule has 0 bridgehead atoms. The van der Waals surface area contributed by atoms with Crippen molar-refractivity contribution in [2.24, 2.45) is 0 Å². The van der Waals surface area contributed by atoms with Gasteiger partial charge in [0.2, 0.25) is 0 Å². The summed E-state index contributed by atoms with van der Waals surface area (Å²) in [6.07, 6.45) is 1.44. The monoisotopic (exact) mass is 398 g/mol. The summed E-state index contributed by atoms with van der Waals surface area (Å²) in [6, 6.07) is 14.3. The van der Waals surface area contributed by atoms with Crippen molar-refractivity contribution < 1.29 is 14.3 Å². The number of hydrogen-bond donors (Lipinski definition) is 2. The van der Waals surface area contributed by atoms with Crippen molar-refractivity contribution in [1.82, 2.24) is 9.97 Å². The third-order valence-corrected chi connectivity index (χ3v) is 4.30. The normalized spacial score (nSPS) is 10.2. The van der Waals surface area contributed by atoms with Gasteiger partial charge in [-0.15, -0.1) is 0 Å². The number of anilines is 3. The lowest BCUT2D eigenvalue weighted by Gasteiger charge is -2.12. The van der Waals surface area contributed by atoms with Crippen LogP contribution in [0.3, 0.4) is 0 Å². The van der Waals surface area contributed by atoms with Gasteiger partial charge in [0.15, 0.2) is 0 Å². The molecule has 0 amide bonds. The number of carbonyl (C=O) groups is 1. The molecule has 2 aromatic carbocycles. The van der Waals surface area contributed by atoms with Gasteiger partial charge in [-0.2, -0.15) is 0 Å². The Morgan fingerprint density at radius 3 is 2.64 bits per heavy atom. The quantitative estimate of drug-likeness (QED) is 0.574. The van der Waals surface area contributed by atoms with Crippen LogP contribution in [0.5, 0.6) is 5.75 Å². The number of halogens is 1. The topological polar surface area (TPSA) is 85.4 Å². The van der Waals surface area contributed by atoms with Crippen LogP contribution in [0.25, 0.3) is 0 Å². The molecule has 1 heterocycles. The number of aromatic nitrogens is 2. The zero-order valence-corrected chi connectivity index (χ0v) is 16.2. The van der Waals surface area contributed by atoms with Crippen LogP contribution in [0.15, 0.2) is 54.9 Å². The summed E-state index contributed by atoms with van der Waals surface area (Å²) in [5, 5.41) is 6.79. The zero-order valence-electron chi connectivity index (χ0n) is 15.4. The van der Waals surface area contributed by atoms with Gasteiger partial charge >= 0.3 is 5.97 Å². The van der Waals surface area contributed by atoms with Crippen LogP contribution in [0.4, 0.5) is 17.3 Å². The average molecular weight is 399 g/mol. The third kappa shape index (κ3) is 4.69. The number of esters is 1. The highest BCUT2D eigenvalue weighted by atomic mass is 35.5. The van der Waals surface area contributed by atoms with E-state index in [1.807, 2.05) is 24.3 Å². The molecular formula is C20H19ClN4O3. The van der Waals surface area contributed by atoms with Gasteiger partial charge in [0, 0.05) is 18.2 Å². The number of carbonyl (C=O) groups excluding carboxylic acids is 1. The lowest BCUT2D eigenvalue weighted by Crippen LogP contribution is -2.05. The van der Waals surface area contributed by atoms with E-state index in [4.69, 9.17) is 21.1 Å². The molecule has 2 N–H and O–H groups in total. The number of nitrogens with zero attached hydrogens (tertiary/aromatic N) is 2. The van der Waals surface area contributed by atoms with Gasteiger partial charge in [-0.3, -0.25) is 0 Å². The summed E-state index contributed by atoms with van der Waals surface area (Å²) in [6.45, 7) is 0.541. The van der Waals surface area contributed by atoms with E-state index in [2.05, 4.69) is 20.6 Å². The average Bonchev–Trinajstić information content (AvgIpc) is 2.73. The molecule has 0 unspecified atom stereocenters. The SMILES string of the molecule is COC(=O)c1ccc(Cl)c(Nc2cc(NCc3ccccc3OC)ncn2)c1. The maximum absolute atomic E-state index is 11.7. The molecule has 8 heteroatoms. The number of ether oxygens (including phenoxy) is 2. The summed E-state index contributed by atoms with van der Waals surface area (Å²) in [5.74, 6) is 1.51. The maximum Gasteiger partial charge on any atom is 0.337 e. The Kier molecular flexibility index (Phi) is 6.29. The highest BCUT2D eigenvalue weighted by molar-refractivity contribution is 6.33. The molecule has 0 saturated heterocycles. The molecule has 0 aliphatic heterocycles. The number of benzene rings is 2. The van der Waals surface area contributed by atoms with Crippen molar-refractivity contribution in [3.63, 3.8) is 0 Å². The number of rotatable bonds is 7. The fourth-order valence-corrected chi connectivity index (χ4v) is 2.73. The Balaban J connectivity index is 1.74. The van der Waals surface area contributed by atoms with Crippen molar-refractivity contribution in [3.05, 3.63) is 71.0 Å². The van der Waals surface area contributed by atoms with Crippen LogP contribution in [-0.2, 0) is 11.3 Å². The Morgan fingerprint density at radius 1 is 1.07 bits per heavy atom. The Labute approximate surface area is 167 Å². The standard InChI is InChI=1S/C20H19ClN4O3/c1-27-17-6-4-3-5-14(17)11-22-18-10-19(24-12-23-18)25-16-9-13(20(26)28-2)7-8-15(16)21/h3-10,12H,11H2,1-2H3,(H2,22,23,24,25). The smallest absolute Gasteiger partial charge is 0.337 e. The second-order valence-electron chi connectivity index (χ2n) is 5.77. The summed E-state index contributed by atoms with van der Waals surface area (Å²) in [4.78, 5) is 20.1. The minimum absolute atomic E-state index is 0.387. The van der Waals surface area contributed by atoms with Gasteiger partial charge in [0.1, 0.15) is 23.7 Å². The van der Waals surface area contributed by atoms with Gasteiger partial charge in [0.25, 0.3) is 0 Å². The molecule has 0 fully saturated rings. The fourth-order valence-electron chi connectivity index (χ4n) is 2.56. The van der Waals surface area contributed by atoms with Crippen LogP contribution in [0, 0.1) is 0 Å². The molecule has 0 radical (unpaired) electrons. The number of methoxy groups -OCH3 is 2. The predicted molar refractivity (Wildman–Crippen MR) is 108 cm³/mol. The second-order valence-corrected chi connectivity index (χ2v) is 6.17. The van der Waals surface area contributed by atoms with E-state index in [0.29, 0.717) is 34.5 Å². The predicted octanol–water partition coefficient (Wildman–Crippen LogP) is 4.28. The van der Waals surface area contributed by atoms with Crippen LogP contribution in [0.1, 0.15) is 15.9 Å². The molecule has 0 atom stereocenters. The molecule has 1 aromatic heterocycles. The molecule has 3 rings (SSSR count). The maximum atomic E-state index is 11.7. The van der Waals surface area contributed by atoms with Crippen molar-refractivity contribution in [2.75, 3.05) is 24.9 Å². The molecule has 3 aromatic rings.